The van der Waals surface area contributed by atoms with Crippen molar-refractivity contribution in [2.75, 3.05) is 25.9 Å². The minimum Gasteiger partial charge on any atom is -0.354 e. The standard InChI is InChI=1S/C23H33N3O4S/c1-31(29,30)25-13-11-17(12-14-25)16-24-22(27)21-15-19-9-5-6-10-20(19)26(21)23(28)18-7-3-2-4-8-18/h2-4,7-8,17,19-21H,5-6,9-16H2,1H3,(H,24,27). The Morgan fingerprint density at radius 2 is 1.71 bits per heavy atom. The maximum absolute atomic E-state index is 13.3. The van der Waals surface area contributed by atoms with Gasteiger partial charge in [0.15, 0.2) is 0 Å². The Morgan fingerprint density at radius 1 is 1.03 bits per heavy atom. The van der Waals surface area contributed by atoms with E-state index in [1.165, 1.54) is 17.0 Å². The minimum absolute atomic E-state index is 0.0448. The Labute approximate surface area is 185 Å². The van der Waals surface area contributed by atoms with E-state index in [9.17, 15) is 18.0 Å². The first kappa shape index (κ1) is 22.3. The Hall–Kier alpha value is -1.93. The van der Waals surface area contributed by atoms with Crippen LogP contribution in [0.5, 0.6) is 0 Å². The van der Waals surface area contributed by atoms with Crippen molar-refractivity contribution in [3.05, 3.63) is 35.9 Å². The number of benzene rings is 1. The molecule has 2 heterocycles. The van der Waals surface area contributed by atoms with Gasteiger partial charge in [0, 0.05) is 31.2 Å². The van der Waals surface area contributed by atoms with Crippen LogP contribution in [0.3, 0.4) is 0 Å². The van der Waals surface area contributed by atoms with Crippen molar-refractivity contribution in [3.8, 4) is 0 Å². The molecule has 7 nitrogen and oxygen atoms in total. The lowest BCUT2D eigenvalue weighted by Gasteiger charge is -2.34. The van der Waals surface area contributed by atoms with E-state index in [0.717, 1.165) is 38.5 Å². The van der Waals surface area contributed by atoms with Crippen LogP contribution in [0, 0.1) is 11.8 Å². The molecule has 1 aliphatic carbocycles. The number of nitrogens with one attached hydrogen (secondary N) is 1. The first-order valence-corrected chi connectivity index (χ1v) is 13.3. The van der Waals surface area contributed by atoms with Crippen LogP contribution in [0.2, 0.25) is 0 Å². The van der Waals surface area contributed by atoms with Gasteiger partial charge < -0.3 is 10.2 Å². The van der Waals surface area contributed by atoms with E-state index in [-0.39, 0.29) is 23.8 Å². The quantitative estimate of drug-likeness (QED) is 0.750. The highest BCUT2D eigenvalue weighted by Gasteiger charge is 2.47. The van der Waals surface area contributed by atoms with Crippen molar-refractivity contribution < 1.29 is 18.0 Å². The van der Waals surface area contributed by atoms with Crippen LogP contribution >= 0.6 is 0 Å². The molecule has 3 aliphatic rings. The highest BCUT2D eigenvalue weighted by molar-refractivity contribution is 7.88. The third kappa shape index (κ3) is 4.95. The second-order valence-corrected chi connectivity index (χ2v) is 11.3. The number of fused-ring (bicyclic) bond motifs is 1. The summed E-state index contributed by atoms with van der Waals surface area (Å²) in [6, 6.07) is 8.99. The molecule has 0 aromatic heterocycles. The molecular formula is C23H33N3O4S. The molecule has 2 saturated heterocycles. The number of hydrogen-bond donors (Lipinski definition) is 1. The summed E-state index contributed by atoms with van der Waals surface area (Å²) in [6.45, 7) is 1.55. The minimum atomic E-state index is -3.15. The van der Waals surface area contributed by atoms with Gasteiger partial charge in [-0.1, -0.05) is 31.0 Å². The van der Waals surface area contributed by atoms with E-state index in [4.69, 9.17) is 0 Å². The maximum atomic E-state index is 13.3. The van der Waals surface area contributed by atoms with Gasteiger partial charge in [0.25, 0.3) is 5.91 Å². The topological polar surface area (TPSA) is 86.8 Å². The molecule has 3 fully saturated rings. The number of piperidine rings is 1. The average molecular weight is 448 g/mol. The summed E-state index contributed by atoms with van der Waals surface area (Å²) >= 11 is 0. The molecule has 0 bridgehead atoms. The summed E-state index contributed by atoms with van der Waals surface area (Å²) in [5.74, 6) is 0.555. The molecule has 4 rings (SSSR count). The number of nitrogens with zero attached hydrogens (tertiary/aromatic N) is 2. The Bertz CT molecular complexity index is 897. The number of carbonyl (C=O) groups excluding carboxylic acids is 2. The number of amides is 2. The van der Waals surface area contributed by atoms with E-state index in [1.807, 2.05) is 35.2 Å². The fourth-order valence-corrected chi connectivity index (χ4v) is 6.40. The van der Waals surface area contributed by atoms with Gasteiger partial charge in [0.1, 0.15) is 6.04 Å². The number of hydrogen-bond acceptors (Lipinski definition) is 4. The number of rotatable bonds is 5. The van der Waals surface area contributed by atoms with Crippen LogP contribution in [0.4, 0.5) is 0 Å². The molecule has 0 radical (unpaired) electrons. The van der Waals surface area contributed by atoms with E-state index in [2.05, 4.69) is 5.32 Å². The summed E-state index contributed by atoms with van der Waals surface area (Å²) in [5, 5.41) is 3.09. The summed E-state index contributed by atoms with van der Waals surface area (Å²) < 4.78 is 24.9. The zero-order chi connectivity index (χ0) is 22.0. The van der Waals surface area contributed by atoms with Crippen molar-refractivity contribution in [1.82, 2.24) is 14.5 Å². The van der Waals surface area contributed by atoms with E-state index < -0.39 is 16.1 Å². The SMILES string of the molecule is CS(=O)(=O)N1CCC(CNC(=O)C2CC3CCCCC3N2C(=O)c2ccccc2)CC1. The molecule has 0 spiro atoms. The van der Waals surface area contributed by atoms with Crippen LogP contribution in [0.1, 0.15) is 55.3 Å². The van der Waals surface area contributed by atoms with Gasteiger partial charge in [-0.15, -0.1) is 0 Å². The van der Waals surface area contributed by atoms with Crippen molar-refractivity contribution in [2.24, 2.45) is 11.8 Å². The first-order chi connectivity index (χ1) is 14.8. The molecule has 2 amide bonds. The van der Waals surface area contributed by atoms with Crippen molar-refractivity contribution >= 4 is 21.8 Å². The van der Waals surface area contributed by atoms with Crippen LogP contribution < -0.4 is 5.32 Å². The molecule has 3 atom stereocenters. The van der Waals surface area contributed by atoms with Crippen molar-refractivity contribution in [2.45, 2.75) is 57.0 Å². The fraction of sp³-hybridized carbons (Fsp3) is 0.652. The summed E-state index contributed by atoms with van der Waals surface area (Å²) in [7, 11) is -3.15. The van der Waals surface area contributed by atoms with E-state index in [0.29, 0.717) is 31.1 Å². The first-order valence-electron chi connectivity index (χ1n) is 11.4. The molecule has 3 unspecified atom stereocenters. The Balaban J connectivity index is 1.40. The Kier molecular flexibility index (Phi) is 6.67. The Morgan fingerprint density at radius 3 is 2.39 bits per heavy atom. The molecule has 1 saturated carbocycles. The van der Waals surface area contributed by atoms with Gasteiger partial charge in [0.2, 0.25) is 15.9 Å². The third-order valence-electron chi connectivity index (χ3n) is 7.25. The van der Waals surface area contributed by atoms with Crippen molar-refractivity contribution in [1.29, 1.82) is 0 Å². The smallest absolute Gasteiger partial charge is 0.254 e. The lowest BCUT2D eigenvalue weighted by atomic mass is 9.84. The van der Waals surface area contributed by atoms with Crippen LogP contribution in [0.25, 0.3) is 0 Å². The van der Waals surface area contributed by atoms with Gasteiger partial charge in [-0.2, -0.15) is 0 Å². The monoisotopic (exact) mass is 447 g/mol. The lowest BCUT2D eigenvalue weighted by Crippen LogP contribution is -2.50. The lowest BCUT2D eigenvalue weighted by molar-refractivity contribution is -0.125. The predicted octanol–water partition coefficient (Wildman–Crippen LogP) is 2.25. The van der Waals surface area contributed by atoms with Crippen LogP contribution in [-0.4, -0.2) is 67.4 Å². The summed E-state index contributed by atoms with van der Waals surface area (Å²) in [6.07, 6.45) is 7.79. The molecule has 2 aliphatic heterocycles. The zero-order valence-corrected chi connectivity index (χ0v) is 19.0. The second kappa shape index (κ2) is 9.28. The normalized spacial score (nSPS) is 27.6. The van der Waals surface area contributed by atoms with E-state index in [1.54, 1.807) is 0 Å². The van der Waals surface area contributed by atoms with Gasteiger partial charge in [0.05, 0.1) is 6.26 Å². The highest BCUT2D eigenvalue weighted by Crippen LogP contribution is 2.40. The van der Waals surface area contributed by atoms with E-state index >= 15 is 0 Å². The van der Waals surface area contributed by atoms with Crippen LogP contribution in [0.15, 0.2) is 30.3 Å². The summed E-state index contributed by atoms with van der Waals surface area (Å²) in [5.41, 5.74) is 0.639. The highest BCUT2D eigenvalue weighted by atomic mass is 32.2. The zero-order valence-electron chi connectivity index (χ0n) is 18.2. The molecule has 1 aromatic rings. The molecular weight excluding hydrogens is 414 g/mol. The number of carbonyl (C=O) groups is 2. The second-order valence-electron chi connectivity index (χ2n) is 9.29. The number of likely N-dealkylation sites (tertiary alicyclic amines) is 1. The molecule has 1 N–H and O–H groups in total. The van der Waals surface area contributed by atoms with Gasteiger partial charge in [-0.05, 0) is 56.1 Å². The largest absolute Gasteiger partial charge is 0.354 e. The van der Waals surface area contributed by atoms with Crippen LogP contribution in [-0.2, 0) is 14.8 Å². The van der Waals surface area contributed by atoms with Gasteiger partial charge in [-0.25, -0.2) is 12.7 Å². The van der Waals surface area contributed by atoms with Crippen molar-refractivity contribution in [3.63, 3.8) is 0 Å². The molecule has 8 heteroatoms. The molecule has 31 heavy (non-hydrogen) atoms. The third-order valence-corrected chi connectivity index (χ3v) is 8.56. The maximum Gasteiger partial charge on any atom is 0.254 e. The van der Waals surface area contributed by atoms with Gasteiger partial charge >= 0.3 is 0 Å². The summed E-state index contributed by atoms with van der Waals surface area (Å²) in [4.78, 5) is 28.4. The fourth-order valence-electron chi connectivity index (χ4n) is 5.52. The molecule has 1 aromatic carbocycles. The predicted molar refractivity (Wildman–Crippen MR) is 119 cm³/mol. The van der Waals surface area contributed by atoms with Gasteiger partial charge in [-0.3, -0.25) is 9.59 Å². The molecule has 170 valence electrons. The average Bonchev–Trinajstić information content (AvgIpc) is 3.17. The number of sulfonamides is 1.